The molecule has 6 nitrogen and oxygen atoms in total. The van der Waals surface area contributed by atoms with E-state index < -0.39 is 0 Å². The fourth-order valence-electron chi connectivity index (χ4n) is 3.63. The van der Waals surface area contributed by atoms with Gasteiger partial charge in [0.2, 0.25) is 0 Å². The minimum Gasteiger partial charge on any atom is -0.379 e. The molecule has 2 N–H and O–H groups in total. The normalized spacial score (nSPS) is 25.5. The van der Waals surface area contributed by atoms with Gasteiger partial charge >= 0.3 is 0 Å². The first-order chi connectivity index (χ1) is 12.5. The lowest BCUT2D eigenvalue weighted by Crippen LogP contribution is -2.51. The van der Waals surface area contributed by atoms with E-state index in [-0.39, 0.29) is 5.54 Å². The molecule has 6 heteroatoms. The maximum absolute atomic E-state index is 5.82. The molecule has 0 saturated carbocycles. The van der Waals surface area contributed by atoms with E-state index in [1.165, 1.54) is 25.9 Å². The fraction of sp³-hybridized carbons (Fsp3) is 0.950. The maximum atomic E-state index is 5.82. The van der Waals surface area contributed by atoms with Crippen LogP contribution in [0.3, 0.4) is 0 Å². The topological polar surface area (TPSA) is 58.1 Å². The van der Waals surface area contributed by atoms with Gasteiger partial charge in [0.1, 0.15) is 0 Å². The van der Waals surface area contributed by atoms with Gasteiger partial charge in [-0.1, -0.05) is 6.92 Å². The molecule has 0 aliphatic carbocycles. The van der Waals surface area contributed by atoms with Gasteiger partial charge in [-0.3, -0.25) is 9.89 Å². The van der Waals surface area contributed by atoms with Gasteiger partial charge in [-0.15, -0.1) is 0 Å². The highest BCUT2D eigenvalue weighted by Crippen LogP contribution is 2.24. The Morgan fingerprint density at radius 2 is 2.15 bits per heavy atom. The average molecular weight is 369 g/mol. The van der Waals surface area contributed by atoms with Crippen LogP contribution in [0, 0.1) is 5.92 Å². The van der Waals surface area contributed by atoms with E-state index in [2.05, 4.69) is 43.2 Å². The Hall–Kier alpha value is -0.850. The molecule has 2 fully saturated rings. The number of hydrogen-bond donors (Lipinski definition) is 2. The predicted octanol–water partition coefficient (Wildman–Crippen LogP) is 2.25. The molecule has 2 atom stereocenters. The summed E-state index contributed by atoms with van der Waals surface area (Å²) < 4.78 is 11.1. The molecule has 2 aliphatic heterocycles. The summed E-state index contributed by atoms with van der Waals surface area (Å²) in [7, 11) is 0. The Morgan fingerprint density at radius 1 is 1.31 bits per heavy atom. The number of hydrogen-bond acceptors (Lipinski definition) is 4. The third kappa shape index (κ3) is 7.41. The van der Waals surface area contributed by atoms with Crippen molar-refractivity contribution in [2.75, 3.05) is 52.5 Å². The molecule has 0 spiro atoms. The molecule has 2 saturated heterocycles. The Morgan fingerprint density at radius 3 is 2.85 bits per heavy atom. The van der Waals surface area contributed by atoms with Gasteiger partial charge in [-0.25, -0.2) is 0 Å². The molecule has 0 aromatic rings. The summed E-state index contributed by atoms with van der Waals surface area (Å²) in [5, 5.41) is 6.80. The third-order valence-corrected chi connectivity index (χ3v) is 5.34. The first-order valence-electron chi connectivity index (χ1n) is 10.5. The Balaban J connectivity index is 1.71. The van der Waals surface area contributed by atoms with Gasteiger partial charge in [-0.05, 0) is 58.9 Å². The zero-order valence-electron chi connectivity index (χ0n) is 17.4. The molecule has 0 aromatic carbocycles. The van der Waals surface area contributed by atoms with Crippen molar-refractivity contribution in [2.45, 2.75) is 65.0 Å². The number of aliphatic imine (C=N–C) groups is 1. The molecule has 0 amide bonds. The Bertz CT molecular complexity index is 422. The van der Waals surface area contributed by atoms with Crippen LogP contribution in [0.15, 0.2) is 4.99 Å². The molecule has 0 bridgehead atoms. The molecule has 0 radical (unpaired) electrons. The number of rotatable bonds is 9. The monoisotopic (exact) mass is 368 g/mol. The van der Waals surface area contributed by atoms with Crippen LogP contribution in [0.25, 0.3) is 0 Å². The summed E-state index contributed by atoms with van der Waals surface area (Å²) in [5.74, 6) is 1.71. The minimum absolute atomic E-state index is 0.0998. The van der Waals surface area contributed by atoms with Crippen LogP contribution in [0.1, 0.15) is 53.4 Å². The van der Waals surface area contributed by atoms with Crippen LogP contribution in [0.4, 0.5) is 0 Å². The molecule has 26 heavy (non-hydrogen) atoms. The smallest absolute Gasteiger partial charge is 0.191 e. The maximum Gasteiger partial charge on any atom is 0.191 e. The molecular weight excluding hydrogens is 328 g/mol. The quantitative estimate of drug-likeness (QED) is 0.371. The van der Waals surface area contributed by atoms with Crippen molar-refractivity contribution in [3.8, 4) is 0 Å². The number of likely N-dealkylation sites (tertiary alicyclic amines) is 1. The van der Waals surface area contributed by atoms with Crippen molar-refractivity contribution in [1.29, 1.82) is 0 Å². The SMILES string of the molecule is CCNC(=NCC(C)(C)N1CCCC(C)C1)NCCCOC1CCOC1. The first kappa shape index (κ1) is 21.5. The second-order valence-electron chi connectivity index (χ2n) is 8.34. The van der Waals surface area contributed by atoms with E-state index in [9.17, 15) is 0 Å². The molecule has 2 unspecified atom stereocenters. The largest absolute Gasteiger partial charge is 0.379 e. The van der Waals surface area contributed by atoms with Crippen molar-refractivity contribution in [1.82, 2.24) is 15.5 Å². The standard InChI is InChI=1S/C20H40N4O2/c1-5-21-19(22-10-7-12-26-18-9-13-25-15-18)23-16-20(3,4)24-11-6-8-17(2)14-24/h17-18H,5-16H2,1-4H3,(H2,21,22,23). The van der Waals surface area contributed by atoms with Gasteiger partial charge < -0.3 is 20.1 Å². The van der Waals surface area contributed by atoms with Crippen molar-refractivity contribution >= 4 is 5.96 Å². The molecular formula is C20H40N4O2. The highest BCUT2D eigenvalue weighted by Gasteiger charge is 2.30. The lowest BCUT2D eigenvalue weighted by Gasteiger charge is -2.42. The molecule has 2 rings (SSSR count). The van der Waals surface area contributed by atoms with Crippen LogP contribution in [0.5, 0.6) is 0 Å². The summed E-state index contributed by atoms with van der Waals surface area (Å²) in [5.41, 5.74) is 0.0998. The molecule has 0 aromatic heterocycles. The minimum atomic E-state index is 0.0998. The second kappa shape index (κ2) is 11.1. The Kier molecular flexibility index (Phi) is 9.16. The second-order valence-corrected chi connectivity index (χ2v) is 8.34. The lowest BCUT2D eigenvalue weighted by atomic mass is 9.94. The number of guanidine groups is 1. The summed E-state index contributed by atoms with van der Waals surface area (Å²) >= 11 is 0. The number of piperidine rings is 1. The van der Waals surface area contributed by atoms with Crippen LogP contribution in [-0.4, -0.2) is 75.0 Å². The first-order valence-corrected chi connectivity index (χ1v) is 10.5. The number of ether oxygens (including phenoxy) is 2. The lowest BCUT2D eigenvalue weighted by molar-refractivity contribution is 0.0420. The predicted molar refractivity (Wildman–Crippen MR) is 108 cm³/mol. The zero-order chi connectivity index (χ0) is 18.8. The molecule has 2 aliphatic rings. The van der Waals surface area contributed by atoms with Crippen LogP contribution >= 0.6 is 0 Å². The summed E-state index contributed by atoms with van der Waals surface area (Å²) in [4.78, 5) is 7.46. The summed E-state index contributed by atoms with van der Waals surface area (Å²) in [6.45, 7) is 16.4. The van der Waals surface area contributed by atoms with Crippen LogP contribution in [-0.2, 0) is 9.47 Å². The van der Waals surface area contributed by atoms with E-state index in [0.29, 0.717) is 6.10 Å². The van der Waals surface area contributed by atoms with E-state index in [4.69, 9.17) is 14.5 Å². The summed E-state index contributed by atoms with van der Waals surface area (Å²) in [6.07, 6.45) is 4.97. The third-order valence-electron chi connectivity index (χ3n) is 5.34. The van der Waals surface area contributed by atoms with Gasteiger partial charge in [0, 0.05) is 38.4 Å². The molecule has 152 valence electrons. The van der Waals surface area contributed by atoms with Crippen molar-refractivity contribution in [2.24, 2.45) is 10.9 Å². The number of nitrogens with zero attached hydrogens (tertiary/aromatic N) is 2. The number of nitrogens with one attached hydrogen (secondary N) is 2. The Labute approximate surface area is 160 Å². The highest BCUT2D eigenvalue weighted by molar-refractivity contribution is 5.79. The van der Waals surface area contributed by atoms with Crippen molar-refractivity contribution in [3.63, 3.8) is 0 Å². The average Bonchev–Trinajstić information content (AvgIpc) is 3.13. The van der Waals surface area contributed by atoms with Gasteiger partial charge in [0.05, 0.1) is 19.3 Å². The van der Waals surface area contributed by atoms with Crippen LogP contribution < -0.4 is 10.6 Å². The van der Waals surface area contributed by atoms with E-state index in [0.717, 1.165) is 64.2 Å². The van der Waals surface area contributed by atoms with Crippen molar-refractivity contribution in [3.05, 3.63) is 0 Å². The highest BCUT2D eigenvalue weighted by atomic mass is 16.5. The zero-order valence-corrected chi connectivity index (χ0v) is 17.4. The van der Waals surface area contributed by atoms with Gasteiger partial charge in [0.15, 0.2) is 5.96 Å². The van der Waals surface area contributed by atoms with Gasteiger partial charge in [-0.2, -0.15) is 0 Å². The molecule has 2 heterocycles. The van der Waals surface area contributed by atoms with Crippen molar-refractivity contribution < 1.29 is 9.47 Å². The fourth-order valence-corrected chi connectivity index (χ4v) is 3.63. The van der Waals surface area contributed by atoms with E-state index >= 15 is 0 Å². The van der Waals surface area contributed by atoms with E-state index in [1.807, 2.05) is 0 Å². The van der Waals surface area contributed by atoms with Crippen LogP contribution in [0.2, 0.25) is 0 Å². The van der Waals surface area contributed by atoms with E-state index in [1.54, 1.807) is 0 Å². The summed E-state index contributed by atoms with van der Waals surface area (Å²) in [6, 6.07) is 0. The van der Waals surface area contributed by atoms with Gasteiger partial charge in [0.25, 0.3) is 0 Å².